The number of amides is 1. The van der Waals surface area contributed by atoms with E-state index in [0.29, 0.717) is 57.0 Å². The first-order valence-corrected chi connectivity index (χ1v) is 10.4. The molecule has 1 atom stereocenters. The van der Waals surface area contributed by atoms with E-state index in [2.05, 4.69) is 4.98 Å². The van der Waals surface area contributed by atoms with E-state index >= 15 is 0 Å². The van der Waals surface area contributed by atoms with Crippen molar-refractivity contribution in [3.63, 3.8) is 0 Å². The monoisotopic (exact) mass is 378 g/mol. The van der Waals surface area contributed by atoms with Gasteiger partial charge in [0.1, 0.15) is 11.3 Å². The lowest BCUT2D eigenvalue weighted by molar-refractivity contribution is 0.0683. The van der Waals surface area contributed by atoms with Crippen molar-refractivity contribution < 1.29 is 17.9 Å². The summed E-state index contributed by atoms with van der Waals surface area (Å²) in [7, 11) is -3.42. The highest BCUT2D eigenvalue weighted by molar-refractivity contribution is 7.89. The van der Waals surface area contributed by atoms with E-state index in [4.69, 9.17) is 4.74 Å². The Balaban J connectivity index is 1.51. The maximum atomic E-state index is 12.9. The Labute approximate surface area is 152 Å². The maximum Gasteiger partial charge on any atom is 0.274 e. The standard InChI is InChI=1S/C17H22N4O4S/c22-17(15-13-19-6-2-1-5-16(19)18-15)20-7-3-4-14(12-20)26(23,24)21-8-10-25-11-9-21/h1-2,5-6,13-14H,3-4,7-12H2. The predicted molar refractivity (Wildman–Crippen MR) is 95.4 cm³/mol. The number of carbonyl (C=O) groups is 1. The van der Waals surface area contributed by atoms with Crippen LogP contribution in [0.2, 0.25) is 0 Å². The van der Waals surface area contributed by atoms with Crippen LogP contribution in [0.25, 0.3) is 5.65 Å². The molecule has 2 saturated heterocycles. The summed E-state index contributed by atoms with van der Waals surface area (Å²) in [5.41, 5.74) is 1.05. The van der Waals surface area contributed by atoms with Crippen LogP contribution in [0, 0.1) is 0 Å². The van der Waals surface area contributed by atoms with Gasteiger partial charge in [-0.15, -0.1) is 0 Å². The summed E-state index contributed by atoms with van der Waals surface area (Å²) in [5, 5.41) is -0.560. The first kappa shape index (κ1) is 17.4. The van der Waals surface area contributed by atoms with Gasteiger partial charge in [0.15, 0.2) is 0 Å². The normalized spacial score (nSPS) is 22.6. The van der Waals surface area contributed by atoms with Crippen LogP contribution < -0.4 is 0 Å². The van der Waals surface area contributed by atoms with Gasteiger partial charge in [-0.2, -0.15) is 4.31 Å². The van der Waals surface area contributed by atoms with Gasteiger partial charge in [-0.1, -0.05) is 6.07 Å². The molecule has 2 aliphatic rings. The van der Waals surface area contributed by atoms with Crippen LogP contribution in [0.4, 0.5) is 0 Å². The van der Waals surface area contributed by atoms with Gasteiger partial charge >= 0.3 is 0 Å². The number of hydrogen-bond donors (Lipinski definition) is 0. The minimum atomic E-state index is -3.42. The molecule has 0 saturated carbocycles. The molecule has 0 aliphatic carbocycles. The molecule has 1 unspecified atom stereocenters. The van der Waals surface area contributed by atoms with Crippen molar-refractivity contribution in [1.82, 2.24) is 18.6 Å². The first-order chi connectivity index (χ1) is 12.6. The molecule has 4 rings (SSSR count). The molecule has 2 aromatic rings. The molecule has 2 aliphatic heterocycles. The number of piperidine rings is 1. The van der Waals surface area contributed by atoms with Gasteiger partial charge < -0.3 is 14.0 Å². The third-order valence-corrected chi connectivity index (χ3v) is 7.31. The van der Waals surface area contributed by atoms with E-state index in [0.717, 1.165) is 0 Å². The lowest BCUT2D eigenvalue weighted by Gasteiger charge is -2.36. The molecule has 9 heteroatoms. The topological polar surface area (TPSA) is 84.2 Å². The van der Waals surface area contributed by atoms with Crippen molar-refractivity contribution in [3.05, 3.63) is 36.3 Å². The lowest BCUT2D eigenvalue weighted by atomic mass is 10.1. The summed E-state index contributed by atoms with van der Waals surface area (Å²) in [6, 6.07) is 5.57. The van der Waals surface area contributed by atoms with Crippen LogP contribution in [-0.4, -0.2) is 77.6 Å². The zero-order valence-electron chi connectivity index (χ0n) is 14.5. The molecule has 0 spiro atoms. The van der Waals surface area contributed by atoms with Crippen molar-refractivity contribution >= 4 is 21.6 Å². The second-order valence-electron chi connectivity index (χ2n) is 6.66. The third-order valence-electron chi connectivity index (χ3n) is 5.00. The average Bonchev–Trinajstić information content (AvgIpc) is 3.12. The van der Waals surface area contributed by atoms with Crippen LogP contribution in [0.1, 0.15) is 23.3 Å². The Morgan fingerprint density at radius 3 is 2.77 bits per heavy atom. The number of fused-ring (bicyclic) bond motifs is 1. The second kappa shape index (κ2) is 6.98. The van der Waals surface area contributed by atoms with E-state index in [-0.39, 0.29) is 12.5 Å². The maximum absolute atomic E-state index is 12.9. The Bertz CT molecular complexity index is 871. The van der Waals surface area contributed by atoms with Crippen LogP contribution >= 0.6 is 0 Å². The van der Waals surface area contributed by atoms with Gasteiger partial charge in [0.05, 0.1) is 18.5 Å². The van der Waals surface area contributed by atoms with E-state index in [1.807, 2.05) is 24.4 Å². The molecular weight excluding hydrogens is 356 g/mol. The fourth-order valence-electron chi connectivity index (χ4n) is 3.58. The molecule has 26 heavy (non-hydrogen) atoms. The van der Waals surface area contributed by atoms with Crippen molar-refractivity contribution in [2.45, 2.75) is 18.1 Å². The number of carbonyl (C=O) groups excluding carboxylic acids is 1. The van der Waals surface area contributed by atoms with Crippen LogP contribution in [0.5, 0.6) is 0 Å². The smallest absolute Gasteiger partial charge is 0.274 e. The van der Waals surface area contributed by atoms with Crippen molar-refractivity contribution in [1.29, 1.82) is 0 Å². The fraction of sp³-hybridized carbons (Fsp3) is 0.529. The van der Waals surface area contributed by atoms with Crippen molar-refractivity contribution in [2.75, 3.05) is 39.4 Å². The Morgan fingerprint density at radius 1 is 1.19 bits per heavy atom. The lowest BCUT2D eigenvalue weighted by Crippen LogP contribution is -2.51. The summed E-state index contributed by atoms with van der Waals surface area (Å²) in [6.45, 7) is 2.40. The molecule has 4 heterocycles. The summed E-state index contributed by atoms with van der Waals surface area (Å²) in [4.78, 5) is 18.8. The van der Waals surface area contributed by atoms with Crippen LogP contribution in [-0.2, 0) is 14.8 Å². The molecule has 8 nitrogen and oxygen atoms in total. The SMILES string of the molecule is O=C(c1cn2ccccc2n1)N1CCCC(S(=O)(=O)N2CCOCC2)C1. The Morgan fingerprint density at radius 2 is 2.00 bits per heavy atom. The van der Waals surface area contributed by atoms with Crippen molar-refractivity contribution in [3.8, 4) is 0 Å². The number of morpholine rings is 1. The molecule has 2 fully saturated rings. The number of pyridine rings is 1. The molecule has 0 bridgehead atoms. The van der Waals surface area contributed by atoms with Gasteiger partial charge in [-0.05, 0) is 25.0 Å². The molecular formula is C17H22N4O4S. The molecule has 2 aromatic heterocycles. The number of rotatable bonds is 3. The Kier molecular flexibility index (Phi) is 4.68. The molecule has 0 radical (unpaired) electrons. The second-order valence-corrected chi connectivity index (χ2v) is 8.88. The first-order valence-electron chi connectivity index (χ1n) is 8.85. The summed E-state index contributed by atoms with van der Waals surface area (Å²) in [6.07, 6.45) is 4.78. The number of aromatic nitrogens is 2. The number of sulfonamides is 1. The van der Waals surface area contributed by atoms with Gasteiger partial charge in [0.2, 0.25) is 10.0 Å². The summed E-state index contributed by atoms with van der Waals surface area (Å²) < 4.78 is 34.3. The molecule has 0 N–H and O–H groups in total. The average molecular weight is 378 g/mol. The number of ether oxygens (including phenoxy) is 1. The highest BCUT2D eigenvalue weighted by atomic mass is 32.2. The zero-order valence-corrected chi connectivity index (χ0v) is 15.3. The van der Waals surface area contributed by atoms with Gasteiger partial charge in [0, 0.05) is 38.6 Å². The van der Waals surface area contributed by atoms with Gasteiger partial charge in [-0.3, -0.25) is 4.79 Å². The number of nitrogens with zero attached hydrogens (tertiary/aromatic N) is 4. The van der Waals surface area contributed by atoms with E-state index < -0.39 is 15.3 Å². The third kappa shape index (κ3) is 3.22. The van der Waals surface area contributed by atoms with E-state index in [9.17, 15) is 13.2 Å². The van der Waals surface area contributed by atoms with Crippen LogP contribution in [0.15, 0.2) is 30.6 Å². The number of likely N-dealkylation sites (tertiary alicyclic amines) is 1. The minimum absolute atomic E-state index is 0.212. The minimum Gasteiger partial charge on any atom is -0.379 e. The molecule has 140 valence electrons. The molecule has 1 amide bonds. The number of imidazole rings is 1. The largest absolute Gasteiger partial charge is 0.379 e. The van der Waals surface area contributed by atoms with E-state index in [1.165, 1.54) is 4.31 Å². The number of hydrogen-bond acceptors (Lipinski definition) is 5. The van der Waals surface area contributed by atoms with E-state index in [1.54, 1.807) is 15.5 Å². The van der Waals surface area contributed by atoms with Crippen LogP contribution in [0.3, 0.4) is 0 Å². The summed E-state index contributed by atoms with van der Waals surface area (Å²) >= 11 is 0. The highest BCUT2D eigenvalue weighted by Crippen LogP contribution is 2.22. The zero-order chi connectivity index (χ0) is 18.1. The van der Waals surface area contributed by atoms with Gasteiger partial charge in [0.25, 0.3) is 5.91 Å². The van der Waals surface area contributed by atoms with Crippen molar-refractivity contribution in [2.24, 2.45) is 0 Å². The van der Waals surface area contributed by atoms with Gasteiger partial charge in [-0.25, -0.2) is 13.4 Å². The summed E-state index contributed by atoms with van der Waals surface area (Å²) in [5.74, 6) is -0.212. The fourth-order valence-corrected chi connectivity index (χ4v) is 5.49. The quantitative estimate of drug-likeness (QED) is 0.781. The highest BCUT2D eigenvalue weighted by Gasteiger charge is 2.37. The molecule has 0 aromatic carbocycles. The predicted octanol–water partition coefficient (Wildman–Crippen LogP) is 0.601. The Hall–Kier alpha value is -1.97.